The summed E-state index contributed by atoms with van der Waals surface area (Å²) in [5.74, 6) is 0. The van der Waals surface area contributed by atoms with Gasteiger partial charge in [0.1, 0.15) is 4.21 Å². The summed E-state index contributed by atoms with van der Waals surface area (Å²) in [4.78, 5) is 9.97. The first-order chi connectivity index (χ1) is 9.31. The molecule has 0 saturated heterocycles. The number of halogens is 1. The Morgan fingerprint density at radius 3 is 2.55 bits per heavy atom. The number of hydrogen-bond acceptors (Lipinski definition) is 6. The van der Waals surface area contributed by atoms with Gasteiger partial charge in [-0.05, 0) is 28.1 Å². The van der Waals surface area contributed by atoms with Crippen LogP contribution in [0, 0.1) is 10.1 Å². The second kappa shape index (κ2) is 5.38. The summed E-state index contributed by atoms with van der Waals surface area (Å²) < 4.78 is 27.0. The number of nitro groups is 1. The SMILES string of the molecule is Nc1sc(S(=O)(=O)Nc2ccccc2Br)cc1[N+](=O)[O-]. The quantitative estimate of drug-likeness (QED) is 0.627. The second-order valence-corrected chi connectivity index (χ2v) is 7.50. The largest absolute Gasteiger partial charge is 0.385 e. The molecule has 0 amide bonds. The van der Waals surface area contributed by atoms with Crippen LogP contribution < -0.4 is 10.5 Å². The third kappa shape index (κ3) is 2.92. The van der Waals surface area contributed by atoms with Crippen molar-refractivity contribution in [2.75, 3.05) is 10.5 Å². The van der Waals surface area contributed by atoms with Gasteiger partial charge in [0.05, 0.1) is 10.6 Å². The lowest BCUT2D eigenvalue weighted by atomic mass is 10.3. The fourth-order valence-corrected chi connectivity index (χ4v) is 4.20. The first-order valence-corrected chi connectivity index (χ1v) is 8.21. The molecule has 106 valence electrons. The Morgan fingerprint density at radius 1 is 1.35 bits per heavy atom. The van der Waals surface area contributed by atoms with E-state index in [1.165, 1.54) is 0 Å². The summed E-state index contributed by atoms with van der Waals surface area (Å²) in [6.07, 6.45) is 0. The lowest BCUT2D eigenvalue weighted by Gasteiger charge is -2.07. The molecule has 0 bridgehead atoms. The Bertz CT molecular complexity index is 773. The third-order valence-corrected chi connectivity index (χ3v) is 5.78. The number of para-hydroxylation sites is 1. The minimum absolute atomic E-state index is 0.150. The fraction of sp³-hybridized carbons (Fsp3) is 0. The van der Waals surface area contributed by atoms with Crippen molar-refractivity contribution in [3.63, 3.8) is 0 Å². The number of rotatable bonds is 4. The first-order valence-electron chi connectivity index (χ1n) is 5.12. The van der Waals surface area contributed by atoms with E-state index < -0.39 is 20.6 Å². The highest BCUT2D eigenvalue weighted by Crippen LogP contribution is 2.35. The van der Waals surface area contributed by atoms with Gasteiger partial charge in [0.2, 0.25) is 0 Å². The Morgan fingerprint density at radius 2 is 2.00 bits per heavy atom. The number of anilines is 2. The Hall–Kier alpha value is -1.65. The number of nitrogens with one attached hydrogen (secondary N) is 1. The highest BCUT2D eigenvalue weighted by molar-refractivity contribution is 9.10. The Kier molecular flexibility index (Phi) is 3.97. The van der Waals surface area contributed by atoms with E-state index in [1.807, 2.05) is 0 Å². The van der Waals surface area contributed by atoms with Gasteiger partial charge in [-0.25, -0.2) is 8.42 Å². The number of thiophene rings is 1. The molecule has 0 spiro atoms. The number of sulfonamides is 1. The zero-order valence-electron chi connectivity index (χ0n) is 9.74. The number of benzene rings is 1. The van der Waals surface area contributed by atoms with E-state index in [4.69, 9.17) is 5.73 Å². The van der Waals surface area contributed by atoms with Gasteiger partial charge in [-0.1, -0.05) is 23.5 Å². The molecule has 0 aliphatic heterocycles. The molecule has 2 rings (SSSR count). The second-order valence-electron chi connectivity index (χ2n) is 3.66. The highest BCUT2D eigenvalue weighted by Gasteiger charge is 2.25. The van der Waals surface area contributed by atoms with Gasteiger partial charge >= 0.3 is 5.69 Å². The highest BCUT2D eigenvalue weighted by atomic mass is 79.9. The third-order valence-electron chi connectivity index (χ3n) is 2.30. The van der Waals surface area contributed by atoms with Crippen molar-refractivity contribution in [2.45, 2.75) is 4.21 Å². The molecular formula is C10H8BrN3O4S2. The molecule has 0 unspecified atom stereocenters. The van der Waals surface area contributed by atoms with E-state index in [9.17, 15) is 18.5 Å². The average molecular weight is 378 g/mol. The molecule has 7 nitrogen and oxygen atoms in total. The molecule has 0 fully saturated rings. The molecule has 20 heavy (non-hydrogen) atoms. The minimum Gasteiger partial charge on any atom is -0.385 e. The lowest BCUT2D eigenvalue weighted by molar-refractivity contribution is -0.383. The first kappa shape index (κ1) is 14.8. The summed E-state index contributed by atoms with van der Waals surface area (Å²) in [6, 6.07) is 7.57. The van der Waals surface area contributed by atoms with Crippen molar-refractivity contribution in [1.82, 2.24) is 0 Å². The van der Waals surface area contributed by atoms with Crippen LogP contribution in [0.4, 0.5) is 16.4 Å². The van der Waals surface area contributed by atoms with E-state index in [0.29, 0.717) is 21.5 Å². The van der Waals surface area contributed by atoms with Crippen molar-refractivity contribution < 1.29 is 13.3 Å². The maximum atomic E-state index is 12.1. The van der Waals surface area contributed by atoms with E-state index in [1.54, 1.807) is 24.3 Å². The predicted octanol–water partition coefficient (Wildman–Crippen LogP) is 2.80. The van der Waals surface area contributed by atoms with Crippen LogP contribution in [-0.2, 0) is 10.0 Å². The fourth-order valence-electron chi connectivity index (χ4n) is 1.39. The van der Waals surface area contributed by atoms with Crippen molar-refractivity contribution in [1.29, 1.82) is 0 Å². The summed E-state index contributed by atoms with van der Waals surface area (Å²) in [5, 5.41) is 10.5. The van der Waals surface area contributed by atoms with Crippen LogP contribution in [0.2, 0.25) is 0 Å². The molecule has 1 heterocycles. The van der Waals surface area contributed by atoms with Crippen molar-refractivity contribution in [3.05, 3.63) is 44.9 Å². The van der Waals surface area contributed by atoms with Gasteiger partial charge in [-0.3, -0.25) is 14.8 Å². The van der Waals surface area contributed by atoms with Crippen LogP contribution in [0.15, 0.2) is 39.0 Å². The van der Waals surface area contributed by atoms with Crippen LogP contribution in [0.1, 0.15) is 0 Å². The topological polar surface area (TPSA) is 115 Å². The molecule has 3 N–H and O–H groups in total. The summed E-state index contributed by atoms with van der Waals surface area (Å²) in [7, 11) is -3.92. The molecule has 0 saturated carbocycles. The minimum atomic E-state index is -3.92. The smallest absolute Gasteiger partial charge is 0.304 e. The number of hydrogen-bond donors (Lipinski definition) is 2. The maximum absolute atomic E-state index is 12.1. The van der Waals surface area contributed by atoms with Gasteiger partial charge < -0.3 is 5.73 Å². The van der Waals surface area contributed by atoms with Crippen LogP contribution in [-0.4, -0.2) is 13.3 Å². The monoisotopic (exact) mass is 377 g/mol. The summed E-state index contributed by atoms with van der Waals surface area (Å²) >= 11 is 3.85. The molecule has 2 aromatic rings. The Labute approximate surface area is 126 Å². The lowest BCUT2D eigenvalue weighted by Crippen LogP contribution is -2.11. The average Bonchev–Trinajstić information content (AvgIpc) is 2.75. The summed E-state index contributed by atoms with van der Waals surface area (Å²) in [6.45, 7) is 0. The van der Waals surface area contributed by atoms with Crippen LogP contribution in [0.5, 0.6) is 0 Å². The van der Waals surface area contributed by atoms with Crippen molar-refractivity contribution >= 4 is 53.7 Å². The Balaban J connectivity index is 2.39. The van der Waals surface area contributed by atoms with E-state index >= 15 is 0 Å². The molecule has 1 aromatic carbocycles. The van der Waals surface area contributed by atoms with Crippen LogP contribution in [0.25, 0.3) is 0 Å². The molecule has 0 aliphatic rings. The van der Waals surface area contributed by atoms with Crippen molar-refractivity contribution in [3.8, 4) is 0 Å². The number of nitrogens with zero attached hydrogens (tertiary/aromatic N) is 1. The van der Waals surface area contributed by atoms with Gasteiger partial charge in [-0.2, -0.15) is 0 Å². The molecule has 0 aliphatic carbocycles. The zero-order chi connectivity index (χ0) is 14.9. The molecule has 0 atom stereocenters. The van der Waals surface area contributed by atoms with Gasteiger partial charge in [0, 0.05) is 10.5 Å². The van der Waals surface area contributed by atoms with Crippen LogP contribution >= 0.6 is 27.3 Å². The van der Waals surface area contributed by atoms with Crippen molar-refractivity contribution in [2.24, 2.45) is 0 Å². The number of nitrogens with two attached hydrogens (primary N) is 1. The predicted molar refractivity (Wildman–Crippen MR) is 80.3 cm³/mol. The van der Waals surface area contributed by atoms with Gasteiger partial charge in [0.25, 0.3) is 10.0 Å². The van der Waals surface area contributed by atoms with Gasteiger partial charge in [0.15, 0.2) is 5.00 Å². The van der Waals surface area contributed by atoms with Gasteiger partial charge in [-0.15, -0.1) is 0 Å². The molecule has 10 heteroatoms. The summed E-state index contributed by atoms with van der Waals surface area (Å²) in [5.41, 5.74) is 5.36. The van der Waals surface area contributed by atoms with E-state index in [0.717, 1.165) is 6.07 Å². The van der Waals surface area contributed by atoms with Crippen LogP contribution in [0.3, 0.4) is 0 Å². The molecule has 0 radical (unpaired) electrons. The molecule has 1 aromatic heterocycles. The van der Waals surface area contributed by atoms with E-state index in [2.05, 4.69) is 20.7 Å². The normalized spacial score (nSPS) is 11.2. The molecular weight excluding hydrogens is 370 g/mol. The zero-order valence-corrected chi connectivity index (χ0v) is 13.0. The van der Waals surface area contributed by atoms with E-state index in [-0.39, 0.29) is 9.21 Å². The standard InChI is InChI=1S/C10H8BrN3O4S2/c11-6-3-1-2-4-7(6)13-20(17,18)9-5-8(14(15)16)10(12)19-9/h1-5,13H,12H2. The maximum Gasteiger partial charge on any atom is 0.304 e. The number of nitrogen functional groups attached to an aromatic ring is 1.